The zero-order valence-electron chi connectivity index (χ0n) is 11.5. The topological polar surface area (TPSA) is 56.8 Å². The van der Waals surface area contributed by atoms with E-state index in [1.54, 1.807) is 36.5 Å². The number of piperazine rings is 1. The predicted octanol–water partition coefficient (Wildman–Crippen LogP) is -0.117. The van der Waals surface area contributed by atoms with Crippen LogP contribution in [0.3, 0.4) is 0 Å². The molecule has 1 fully saturated rings. The van der Waals surface area contributed by atoms with Crippen molar-refractivity contribution < 1.29 is 9.59 Å². The van der Waals surface area contributed by atoms with Crippen LogP contribution in [0, 0.1) is 11.8 Å². The maximum absolute atomic E-state index is 11.9. The van der Waals surface area contributed by atoms with Crippen molar-refractivity contribution in [1.82, 2.24) is 14.8 Å². The summed E-state index contributed by atoms with van der Waals surface area (Å²) >= 11 is 1.59. The molecule has 0 aliphatic carbocycles. The van der Waals surface area contributed by atoms with E-state index in [4.69, 9.17) is 0 Å². The summed E-state index contributed by atoms with van der Waals surface area (Å²) in [5.74, 6) is 4.08. The third-order valence-corrected chi connectivity index (χ3v) is 3.77. The highest BCUT2D eigenvalue weighted by Gasteiger charge is 2.21. The number of hydrogen-bond donors (Lipinski definition) is 0. The maximum Gasteiger partial charge on any atom is 0.299 e. The Morgan fingerprint density at radius 1 is 1.25 bits per heavy atom. The summed E-state index contributed by atoms with van der Waals surface area (Å²) in [7, 11) is 3.21. The van der Waals surface area contributed by atoms with E-state index in [-0.39, 0.29) is 11.8 Å². The Morgan fingerprint density at radius 2 is 1.95 bits per heavy atom. The first-order valence-electron chi connectivity index (χ1n) is 6.24. The van der Waals surface area contributed by atoms with E-state index in [1.807, 2.05) is 5.38 Å². The van der Waals surface area contributed by atoms with E-state index in [0.29, 0.717) is 13.1 Å². The minimum Gasteiger partial charge on any atom is -0.345 e. The molecule has 0 atom stereocenters. The molecule has 7 heteroatoms. The number of carbonyl (C=O) groups excluding carboxylic acids is 2. The van der Waals surface area contributed by atoms with Gasteiger partial charge in [-0.1, -0.05) is 0 Å². The average molecular weight is 292 g/mol. The molecule has 0 aromatic carbocycles. The molecule has 1 aliphatic heterocycles. The van der Waals surface area contributed by atoms with Gasteiger partial charge < -0.3 is 14.7 Å². The Bertz CT molecular complexity index is 536. The van der Waals surface area contributed by atoms with Crippen molar-refractivity contribution in [1.29, 1.82) is 0 Å². The molecule has 0 N–H and O–H groups in total. The van der Waals surface area contributed by atoms with Crippen molar-refractivity contribution in [2.24, 2.45) is 0 Å². The lowest BCUT2D eigenvalue weighted by Crippen LogP contribution is -2.48. The van der Waals surface area contributed by atoms with Crippen LogP contribution in [0.2, 0.25) is 0 Å². The monoisotopic (exact) mass is 292 g/mol. The highest BCUT2D eigenvalue weighted by Crippen LogP contribution is 2.18. The van der Waals surface area contributed by atoms with Crippen LogP contribution in [0.1, 0.15) is 0 Å². The number of nitrogens with zero attached hydrogens (tertiary/aromatic N) is 4. The van der Waals surface area contributed by atoms with Crippen LogP contribution in [0.15, 0.2) is 11.6 Å². The molecular weight excluding hydrogens is 276 g/mol. The molecular formula is C13H16N4O2S. The van der Waals surface area contributed by atoms with Crippen LogP contribution in [0.25, 0.3) is 0 Å². The van der Waals surface area contributed by atoms with Crippen molar-refractivity contribution in [2.75, 3.05) is 45.2 Å². The number of thiazole rings is 1. The zero-order chi connectivity index (χ0) is 14.5. The van der Waals surface area contributed by atoms with Crippen LogP contribution in [-0.4, -0.2) is 66.9 Å². The number of aromatic nitrogens is 1. The Morgan fingerprint density at radius 3 is 2.50 bits per heavy atom. The summed E-state index contributed by atoms with van der Waals surface area (Å²) in [6.07, 6.45) is 1.77. The van der Waals surface area contributed by atoms with Gasteiger partial charge in [0.15, 0.2) is 5.13 Å². The minimum absolute atomic E-state index is 0.293. The lowest BCUT2D eigenvalue weighted by molar-refractivity contribution is -0.126. The third-order valence-electron chi connectivity index (χ3n) is 2.94. The Hall–Kier alpha value is -2.07. The number of hydrogen-bond acceptors (Lipinski definition) is 5. The first-order chi connectivity index (χ1) is 9.58. The normalized spacial score (nSPS) is 14.5. The smallest absolute Gasteiger partial charge is 0.299 e. The minimum atomic E-state index is -0.361. The summed E-state index contributed by atoms with van der Waals surface area (Å²) < 4.78 is 0. The Balaban J connectivity index is 1.87. The van der Waals surface area contributed by atoms with Crippen molar-refractivity contribution in [2.45, 2.75) is 0 Å². The highest BCUT2D eigenvalue weighted by atomic mass is 32.1. The van der Waals surface area contributed by atoms with Crippen molar-refractivity contribution in [3.8, 4) is 11.8 Å². The molecule has 0 bridgehead atoms. The van der Waals surface area contributed by atoms with E-state index < -0.39 is 0 Å². The molecule has 1 aromatic heterocycles. The van der Waals surface area contributed by atoms with E-state index >= 15 is 0 Å². The summed E-state index contributed by atoms with van der Waals surface area (Å²) in [6, 6.07) is 0. The van der Waals surface area contributed by atoms with Gasteiger partial charge >= 0.3 is 0 Å². The van der Waals surface area contributed by atoms with Gasteiger partial charge in [-0.05, 0) is 0 Å². The zero-order valence-corrected chi connectivity index (χ0v) is 12.3. The largest absolute Gasteiger partial charge is 0.345 e. The molecule has 0 unspecified atom stereocenters. The fraction of sp³-hybridized carbons (Fsp3) is 0.462. The van der Waals surface area contributed by atoms with Crippen LogP contribution in [0.5, 0.6) is 0 Å². The fourth-order valence-corrected chi connectivity index (χ4v) is 2.47. The number of anilines is 1. The summed E-state index contributed by atoms with van der Waals surface area (Å²) in [5.41, 5.74) is 0. The third kappa shape index (κ3) is 3.48. The van der Waals surface area contributed by atoms with Gasteiger partial charge in [-0.15, -0.1) is 11.3 Å². The Kier molecular flexibility index (Phi) is 4.58. The van der Waals surface area contributed by atoms with E-state index in [0.717, 1.165) is 18.2 Å². The van der Waals surface area contributed by atoms with E-state index in [9.17, 15) is 9.59 Å². The first-order valence-corrected chi connectivity index (χ1v) is 7.12. The van der Waals surface area contributed by atoms with Crippen molar-refractivity contribution in [3.63, 3.8) is 0 Å². The molecule has 2 amide bonds. The van der Waals surface area contributed by atoms with Gasteiger partial charge in [0.05, 0.1) is 0 Å². The lowest BCUT2D eigenvalue weighted by atomic mass is 10.3. The molecule has 0 radical (unpaired) electrons. The quantitative estimate of drug-likeness (QED) is 0.677. The molecule has 106 valence electrons. The van der Waals surface area contributed by atoms with E-state index in [2.05, 4.69) is 21.7 Å². The van der Waals surface area contributed by atoms with Gasteiger partial charge in [0.2, 0.25) is 0 Å². The highest BCUT2D eigenvalue weighted by molar-refractivity contribution is 7.13. The second-order valence-corrected chi connectivity index (χ2v) is 5.42. The first kappa shape index (κ1) is 14.3. The molecule has 0 saturated carbocycles. The molecule has 20 heavy (non-hydrogen) atoms. The molecule has 1 aliphatic rings. The average Bonchev–Trinajstić information content (AvgIpc) is 2.98. The van der Waals surface area contributed by atoms with Crippen LogP contribution in [-0.2, 0) is 9.59 Å². The Labute approximate surface area is 122 Å². The van der Waals surface area contributed by atoms with Gasteiger partial charge in [0.1, 0.15) is 0 Å². The van der Waals surface area contributed by atoms with E-state index in [1.165, 1.54) is 4.90 Å². The SMILES string of the molecule is CN(C)C(=O)C#CC(=O)N1CCN(c2nccs2)CC1. The predicted molar refractivity (Wildman–Crippen MR) is 77.4 cm³/mol. The molecule has 6 nitrogen and oxygen atoms in total. The molecule has 1 saturated heterocycles. The molecule has 2 heterocycles. The fourth-order valence-electron chi connectivity index (χ4n) is 1.77. The number of carbonyl (C=O) groups is 2. The van der Waals surface area contributed by atoms with Gasteiger partial charge in [-0.25, -0.2) is 4.98 Å². The number of rotatable bonds is 1. The van der Waals surface area contributed by atoms with Crippen LogP contribution >= 0.6 is 11.3 Å². The second-order valence-electron chi connectivity index (χ2n) is 4.54. The van der Waals surface area contributed by atoms with Gasteiger partial charge in [-0.2, -0.15) is 0 Å². The molecule has 2 rings (SSSR count). The second kappa shape index (κ2) is 6.39. The maximum atomic E-state index is 11.9. The van der Waals surface area contributed by atoms with Crippen molar-refractivity contribution in [3.05, 3.63) is 11.6 Å². The van der Waals surface area contributed by atoms with Crippen LogP contribution < -0.4 is 4.90 Å². The van der Waals surface area contributed by atoms with Gasteiger partial charge in [-0.3, -0.25) is 9.59 Å². The summed E-state index contributed by atoms with van der Waals surface area (Å²) in [5, 5.41) is 2.91. The van der Waals surface area contributed by atoms with Crippen molar-refractivity contribution >= 4 is 28.3 Å². The van der Waals surface area contributed by atoms with Gasteiger partial charge in [0.25, 0.3) is 11.8 Å². The van der Waals surface area contributed by atoms with Crippen LogP contribution in [0.4, 0.5) is 5.13 Å². The number of amides is 2. The lowest BCUT2D eigenvalue weighted by Gasteiger charge is -2.33. The molecule has 0 spiro atoms. The summed E-state index contributed by atoms with van der Waals surface area (Å²) in [4.78, 5) is 32.6. The summed E-state index contributed by atoms with van der Waals surface area (Å²) in [6.45, 7) is 2.68. The van der Waals surface area contributed by atoms with Gasteiger partial charge in [0, 0.05) is 63.7 Å². The standard InChI is InChI=1S/C13H16N4O2S/c1-15(2)11(18)3-4-12(19)16-6-8-17(9-7-16)13-14-5-10-20-13/h5,10H,6-9H2,1-2H3. The molecule has 1 aromatic rings.